The largest absolute Gasteiger partial charge is 0.477 e. The number of carbonyl (C=O) groups excluding carboxylic acids is 1. The average molecular weight is 292 g/mol. The van der Waals surface area contributed by atoms with Gasteiger partial charge in [-0.3, -0.25) is 9.59 Å². The van der Waals surface area contributed by atoms with Crippen LogP contribution in [0.5, 0.6) is 0 Å². The van der Waals surface area contributed by atoms with E-state index >= 15 is 0 Å². The molecule has 2 rings (SSSR count). The predicted octanol–water partition coefficient (Wildman–Crippen LogP) is 1.18. The number of aromatic nitrogens is 1. The Morgan fingerprint density at radius 3 is 2.38 bits per heavy atom. The van der Waals surface area contributed by atoms with Gasteiger partial charge in [-0.25, -0.2) is 4.79 Å². The Morgan fingerprint density at radius 2 is 1.81 bits per heavy atom. The van der Waals surface area contributed by atoms with Gasteiger partial charge in [0.15, 0.2) is 0 Å². The molecule has 1 amide bonds. The standard InChI is InChI=1S/C15H20N2O4/c1-10-8-11(2)17(14(19)13(10)15(20)21)9-12(18)16-6-4-3-5-7-16/h8H,3-7,9H2,1-2H3,(H,20,21). The molecule has 1 aliphatic heterocycles. The van der Waals surface area contributed by atoms with Gasteiger partial charge in [-0.1, -0.05) is 0 Å². The van der Waals surface area contributed by atoms with Crippen molar-refractivity contribution in [2.75, 3.05) is 13.1 Å². The van der Waals surface area contributed by atoms with E-state index in [0.29, 0.717) is 24.3 Å². The molecule has 2 heterocycles. The maximum atomic E-state index is 12.3. The molecule has 1 N–H and O–H groups in total. The van der Waals surface area contributed by atoms with E-state index in [1.165, 1.54) is 4.57 Å². The molecule has 6 heteroatoms. The fourth-order valence-corrected chi connectivity index (χ4v) is 2.76. The number of hydrogen-bond donors (Lipinski definition) is 1. The SMILES string of the molecule is Cc1cc(C)n(CC(=O)N2CCCCC2)c(=O)c1C(=O)O. The van der Waals surface area contributed by atoms with Crippen molar-refractivity contribution < 1.29 is 14.7 Å². The zero-order chi connectivity index (χ0) is 15.6. The lowest BCUT2D eigenvalue weighted by atomic mass is 10.1. The molecule has 0 radical (unpaired) electrons. The molecule has 0 aromatic carbocycles. The van der Waals surface area contributed by atoms with Gasteiger partial charge < -0.3 is 14.6 Å². The highest BCUT2D eigenvalue weighted by molar-refractivity contribution is 5.89. The van der Waals surface area contributed by atoms with Crippen LogP contribution in [0.3, 0.4) is 0 Å². The highest BCUT2D eigenvalue weighted by Crippen LogP contribution is 2.11. The first-order valence-electron chi connectivity index (χ1n) is 7.14. The summed E-state index contributed by atoms with van der Waals surface area (Å²) in [5.74, 6) is -1.38. The van der Waals surface area contributed by atoms with Crippen LogP contribution in [0.1, 0.15) is 40.9 Å². The summed E-state index contributed by atoms with van der Waals surface area (Å²) in [7, 11) is 0. The first-order valence-corrected chi connectivity index (χ1v) is 7.14. The number of carboxylic acids is 1. The maximum absolute atomic E-state index is 12.3. The molecule has 114 valence electrons. The summed E-state index contributed by atoms with van der Waals surface area (Å²) in [5, 5.41) is 9.14. The van der Waals surface area contributed by atoms with Gasteiger partial charge in [0.1, 0.15) is 12.1 Å². The molecule has 1 fully saturated rings. The number of piperidine rings is 1. The summed E-state index contributed by atoms with van der Waals surface area (Å²) in [6.07, 6.45) is 3.08. The minimum absolute atomic E-state index is 0.0920. The molecule has 1 saturated heterocycles. The molecule has 0 spiro atoms. The number of carbonyl (C=O) groups is 2. The maximum Gasteiger partial charge on any atom is 0.341 e. The number of amides is 1. The second-order valence-corrected chi connectivity index (χ2v) is 5.48. The zero-order valence-corrected chi connectivity index (χ0v) is 12.4. The van der Waals surface area contributed by atoms with Crippen molar-refractivity contribution in [1.29, 1.82) is 0 Å². The van der Waals surface area contributed by atoms with Crippen molar-refractivity contribution in [1.82, 2.24) is 9.47 Å². The Morgan fingerprint density at radius 1 is 1.19 bits per heavy atom. The van der Waals surface area contributed by atoms with Crippen LogP contribution < -0.4 is 5.56 Å². The van der Waals surface area contributed by atoms with E-state index in [0.717, 1.165) is 19.3 Å². The molecule has 1 aliphatic rings. The Hall–Kier alpha value is -2.11. The number of aryl methyl sites for hydroxylation is 2. The minimum Gasteiger partial charge on any atom is -0.477 e. The lowest BCUT2D eigenvalue weighted by Crippen LogP contribution is -2.41. The number of pyridine rings is 1. The number of hydrogen-bond acceptors (Lipinski definition) is 3. The Kier molecular flexibility index (Phi) is 4.45. The number of aromatic carboxylic acids is 1. The summed E-state index contributed by atoms with van der Waals surface area (Å²) in [6, 6.07) is 1.63. The highest BCUT2D eigenvalue weighted by atomic mass is 16.4. The van der Waals surface area contributed by atoms with Gasteiger partial charge in [-0.15, -0.1) is 0 Å². The second-order valence-electron chi connectivity index (χ2n) is 5.48. The molecule has 0 atom stereocenters. The minimum atomic E-state index is -1.25. The lowest BCUT2D eigenvalue weighted by Gasteiger charge is -2.27. The van der Waals surface area contributed by atoms with Crippen molar-refractivity contribution in [2.45, 2.75) is 39.7 Å². The third-order valence-corrected chi connectivity index (χ3v) is 3.92. The second kappa shape index (κ2) is 6.11. The predicted molar refractivity (Wildman–Crippen MR) is 77.6 cm³/mol. The van der Waals surface area contributed by atoms with Crippen LogP contribution in [0.4, 0.5) is 0 Å². The smallest absolute Gasteiger partial charge is 0.341 e. The monoisotopic (exact) mass is 292 g/mol. The summed E-state index contributed by atoms with van der Waals surface area (Å²) < 4.78 is 1.26. The van der Waals surface area contributed by atoms with Crippen molar-refractivity contribution in [3.05, 3.63) is 33.2 Å². The van der Waals surface area contributed by atoms with Crippen LogP contribution in [0.25, 0.3) is 0 Å². The highest BCUT2D eigenvalue weighted by Gasteiger charge is 2.21. The van der Waals surface area contributed by atoms with Crippen LogP contribution >= 0.6 is 0 Å². The summed E-state index contributed by atoms with van der Waals surface area (Å²) in [5.41, 5.74) is 0.164. The molecule has 6 nitrogen and oxygen atoms in total. The summed E-state index contributed by atoms with van der Waals surface area (Å²) in [6.45, 7) is 4.64. The number of nitrogens with zero attached hydrogens (tertiary/aromatic N) is 2. The molecular formula is C15H20N2O4. The number of carboxylic acid groups (broad SMARTS) is 1. The number of rotatable bonds is 3. The van der Waals surface area contributed by atoms with Crippen LogP contribution in [0, 0.1) is 13.8 Å². The van der Waals surface area contributed by atoms with Gasteiger partial charge in [0.25, 0.3) is 5.56 Å². The quantitative estimate of drug-likeness (QED) is 0.907. The molecule has 0 saturated carbocycles. The number of likely N-dealkylation sites (tertiary alicyclic amines) is 1. The first kappa shape index (κ1) is 15.3. The topological polar surface area (TPSA) is 79.6 Å². The lowest BCUT2D eigenvalue weighted by molar-refractivity contribution is -0.132. The van der Waals surface area contributed by atoms with Crippen LogP contribution in [0.15, 0.2) is 10.9 Å². The van der Waals surface area contributed by atoms with E-state index in [-0.39, 0.29) is 18.0 Å². The molecule has 1 aromatic heterocycles. The molecule has 0 unspecified atom stereocenters. The van der Waals surface area contributed by atoms with E-state index in [9.17, 15) is 14.4 Å². The molecule has 0 bridgehead atoms. The fourth-order valence-electron chi connectivity index (χ4n) is 2.76. The third-order valence-electron chi connectivity index (χ3n) is 3.92. The third kappa shape index (κ3) is 3.15. The van der Waals surface area contributed by atoms with Gasteiger partial charge >= 0.3 is 5.97 Å². The van der Waals surface area contributed by atoms with Gasteiger partial charge in [-0.2, -0.15) is 0 Å². The van der Waals surface area contributed by atoms with Crippen LogP contribution in [-0.4, -0.2) is 39.5 Å². The van der Waals surface area contributed by atoms with Gasteiger partial charge in [0, 0.05) is 18.8 Å². The normalized spacial score (nSPS) is 15.0. The van der Waals surface area contributed by atoms with E-state index in [1.807, 2.05) is 0 Å². The molecular weight excluding hydrogens is 272 g/mol. The van der Waals surface area contributed by atoms with E-state index in [4.69, 9.17) is 5.11 Å². The van der Waals surface area contributed by atoms with Gasteiger partial charge in [0.2, 0.25) is 5.91 Å². The average Bonchev–Trinajstić information content (AvgIpc) is 2.43. The molecule has 21 heavy (non-hydrogen) atoms. The summed E-state index contributed by atoms with van der Waals surface area (Å²) >= 11 is 0. The van der Waals surface area contributed by atoms with Crippen molar-refractivity contribution in [3.63, 3.8) is 0 Å². The molecule has 1 aromatic rings. The first-order chi connectivity index (χ1) is 9.91. The van der Waals surface area contributed by atoms with Crippen molar-refractivity contribution in [3.8, 4) is 0 Å². The Balaban J connectivity index is 2.31. The Bertz CT molecular complexity index is 627. The van der Waals surface area contributed by atoms with E-state index < -0.39 is 11.5 Å². The van der Waals surface area contributed by atoms with Crippen molar-refractivity contribution >= 4 is 11.9 Å². The molecule has 0 aliphatic carbocycles. The van der Waals surface area contributed by atoms with Gasteiger partial charge in [0.05, 0.1) is 0 Å². The fraction of sp³-hybridized carbons (Fsp3) is 0.533. The summed E-state index contributed by atoms with van der Waals surface area (Å²) in [4.78, 5) is 37.5. The Labute approximate surface area is 123 Å². The van der Waals surface area contributed by atoms with Crippen LogP contribution in [-0.2, 0) is 11.3 Å². The van der Waals surface area contributed by atoms with Gasteiger partial charge in [-0.05, 0) is 44.7 Å². The van der Waals surface area contributed by atoms with Crippen molar-refractivity contribution in [2.24, 2.45) is 0 Å². The van der Waals surface area contributed by atoms with E-state index in [2.05, 4.69) is 0 Å². The van der Waals surface area contributed by atoms with Crippen LogP contribution in [0.2, 0.25) is 0 Å². The van der Waals surface area contributed by atoms with E-state index in [1.54, 1.807) is 24.8 Å². The zero-order valence-electron chi connectivity index (χ0n) is 12.4.